The minimum Gasteiger partial charge on any atom is -0.477 e. The van der Waals surface area contributed by atoms with Crippen LogP contribution in [0.1, 0.15) is 43.6 Å². The minimum absolute atomic E-state index is 0.0830. The van der Waals surface area contributed by atoms with Crippen LogP contribution in [0.4, 0.5) is 5.69 Å². The zero-order valence-corrected chi connectivity index (χ0v) is 15.9. The van der Waals surface area contributed by atoms with Crippen molar-refractivity contribution in [2.45, 2.75) is 26.2 Å². The van der Waals surface area contributed by atoms with E-state index in [1.807, 2.05) is 44.2 Å². The van der Waals surface area contributed by atoms with Crippen molar-refractivity contribution in [3.05, 3.63) is 75.0 Å². The molecule has 2 heterocycles. The summed E-state index contributed by atoms with van der Waals surface area (Å²) in [7, 11) is 0. The van der Waals surface area contributed by atoms with E-state index in [0.717, 1.165) is 27.1 Å². The Kier molecular flexibility index (Phi) is 4.32. The first kappa shape index (κ1) is 17.5. The van der Waals surface area contributed by atoms with Gasteiger partial charge in [-0.1, -0.05) is 54.1 Å². The fraction of sp³-hybridized carbons (Fsp3) is 0.182. The van der Waals surface area contributed by atoms with Crippen molar-refractivity contribution in [1.29, 1.82) is 0 Å². The molecule has 27 heavy (non-hydrogen) atoms. The number of benzene rings is 2. The zero-order valence-electron chi connectivity index (χ0n) is 15.1. The third kappa shape index (κ3) is 3.04. The maximum Gasteiger partial charge on any atom is 0.346 e. The van der Waals surface area contributed by atoms with Gasteiger partial charge in [0.15, 0.2) is 0 Å². The van der Waals surface area contributed by atoms with E-state index in [-0.39, 0.29) is 16.7 Å². The predicted octanol–water partition coefficient (Wildman–Crippen LogP) is 5.20. The maximum atomic E-state index is 12.5. The van der Waals surface area contributed by atoms with Crippen LogP contribution < -0.4 is 5.32 Å². The molecule has 0 aliphatic carbocycles. The third-order valence-corrected chi connectivity index (χ3v) is 6.26. The van der Waals surface area contributed by atoms with Crippen molar-refractivity contribution in [2.75, 3.05) is 5.32 Å². The van der Waals surface area contributed by atoms with E-state index in [4.69, 9.17) is 0 Å². The fourth-order valence-electron chi connectivity index (χ4n) is 3.70. The molecule has 1 aliphatic rings. The summed E-state index contributed by atoms with van der Waals surface area (Å²) < 4.78 is 0. The molecule has 0 radical (unpaired) electrons. The first-order chi connectivity index (χ1) is 13.0. The number of anilines is 1. The Bertz CT molecular complexity index is 1050. The number of amides is 1. The maximum absolute atomic E-state index is 12.5. The lowest BCUT2D eigenvalue weighted by Crippen LogP contribution is -2.23. The van der Waals surface area contributed by atoms with Gasteiger partial charge in [-0.15, -0.1) is 11.3 Å². The number of carboxylic acids is 1. The smallest absolute Gasteiger partial charge is 0.346 e. The van der Waals surface area contributed by atoms with Gasteiger partial charge in [0.25, 0.3) is 0 Å². The lowest BCUT2D eigenvalue weighted by molar-refractivity contribution is -0.116. The van der Waals surface area contributed by atoms with E-state index >= 15 is 0 Å². The molecule has 0 saturated heterocycles. The number of nitrogens with one attached hydrogen (secondary N) is 1. The second kappa shape index (κ2) is 6.67. The SMILES string of the molecule is Cc1ccc(C)c([C@@H]2CC(=O)Nc3c2sc(C(=O)O)c3-c2ccccc2)c1. The number of carbonyl (C=O) groups excluding carboxylic acids is 1. The molecule has 1 aromatic heterocycles. The van der Waals surface area contributed by atoms with Crippen LogP contribution in [0.5, 0.6) is 0 Å². The van der Waals surface area contributed by atoms with E-state index in [0.29, 0.717) is 17.7 Å². The van der Waals surface area contributed by atoms with E-state index < -0.39 is 5.97 Å². The molecule has 2 N–H and O–H groups in total. The number of thiophene rings is 1. The lowest BCUT2D eigenvalue weighted by Gasteiger charge is -2.25. The van der Waals surface area contributed by atoms with Gasteiger partial charge in [0.05, 0.1) is 5.69 Å². The fourth-order valence-corrected chi connectivity index (χ4v) is 4.94. The van der Waals surface area contributed by atoms with Gasteiger partial charge in [-0.25, -0.2) is 4.79 Å². The van der Waals surface area contributed by atoms with Crippen LogP contribution in [-0.4, -0.2) is 17.0 Å². The molecule has 0 spiro atoms. The molecule has 1 aliphatic heterocycles. The molecule has 1 amide bonds. The Hall–Kier alpha value is -2.92. The van der Waals surface area contributed by atoms with Crippen LogP contribution in [0.25, 0.3) is 11.1 Å². The molecule has 0 unspecified atom stereocenters. The van der Waals surface area contributed by atoms with Gasteiger partial charge in [-0.2, -0.15) is 0 Å². The minimum atomic E-state index is -0.970. The summed E-state index contributed by atoms with van der Waals surface area (Å²) >= 11 is 1.27. The van der Waals surface area contributed by atoms with Crippen LogP contribution in [0.2, 0.25) is 0 Å². The number of rotatable bonds is 3. The molecule has 0 saturated carbocycles. The molecule has 1 atom stereocenters. The summed E-state index contributed by atoms with van der Waals surface area (Å²) in [4.78, 5) is 25.7. The van der Waals surface area contributed by atoms with Gasteiger partial charge < -0.3 is 10.4 Å². The van der Waals surface area contributed by atoms with Crippen LogP contribution in [-0.2, 0) is 4.79 Å². The normalized spacial score (nSPS) is 15.9. The number of carboxylic acid groups (broad SMARTS) is 1. The highest BCUT2D eigenvalue weighted by Gasteiger charge is 2.34. The van der Waals surface area contributed by atoms with Crippen molar-refractivity contribution >= 4 is 28.9 Å². The standard InChI is InChI=1S/C22H19NO3S/c1-12-8-9-13(2)15(10-12)16-11-17(24)23-19-18(14-6-4-3-5-7-14)21(22(25)26)27-20(16)19/h3-10,16H,11H2,1-2H3,(H,23,24)(H,25,26)/t16-/m0/s1. The first-order valence-electron chi connectivity index (χ1n) is 8.78. The van der Waals surface area contributed by atoms with Crippen molar-refractivity contribution in [2.24, 2.45) is 0 Å². The van der Waals surface area contributed by atoms with Gasteiger partial charge in [0.2, 0.25) is 5.91 Å². The number of carbonyl (C=O) groups is 2. The topological polar surface area (TPSA) is 66.4 Å². The second-order valence-corrected chi connectivity index (χ2v) is 7.93. The average molecular weight is 377 g/mol. The molecule has 4 rings (SSSR count). The van der Waals surface area contributed by atoms with Gasteiger partial charge in [-0.3, -0.25) is 4.79 Å². The Morgan fingerprint density at radius 3 is 2.59 bits per heavy atom. The lowest BCUT2D eigenvalue weighted by atomic mass is 9.86. The number of aryl methyl sites for hydroxylation is 2. The Labute approximate surface area is 161 Å². The van der Waals surface area contributed by atoms with E-state index in [9.17, 15) is 14.7 Å². The highest BCUT2D eigenvalue weighted by Crippen LogP contribution is 2.49. The van der Waals surface area contributed by atoms with Crippen LogP contribution >= 0.6 is 11.3 Å². The van der Waals surface area contributed by atoms with Crippen molar-refractivity contribution in [3.63, 3.8) is 0 Å². The molecule has 2 aromatic carbocycles. The number of fused-ring (bicyclic) bond motifs is 1. The molecular formula is C22H19NO3S. The predicted molar refractivity (Wildman–Crippen MR) is 108 cm³/mol. The second-order valence-electron chi connectivity index (χ2n) is 6.88. The molecule has 3 aromatic rings. The molecular weight excluding hydrogens is 358 g/mol. The van der Waals surface area contributed by atoms with Crippen LogP contribution in [0.3, 0.4) is 0 Å². The van der Waals surface area contributed by atoms with Crippen LogP contribution in [0.15, 0.2) is 48.5 Å². The summed E-state index contributed by atoms with van der Waals surface area (Å²) in [5.41, 5.74) is 5.37. The van der Waals surface area contributed by atoms with Gasteiger partial charge in [0.1, 0.15) is 4.88 Å². The van der Waals surface area contributed by atoms with Gasteiger partial charge in [-0.05, 0) is 30.5 Å². The largest absolute Gasteiger partial charge is 0.477 e. The highest BCUT2D eigenvalue weighted by atomic mass is 32.1. The van der Waals surface area contributed by atoms with Crippen molar-refractivity contribution < 1.29 is 14.7 Å². The number of hydrogen-bond acceptors (Lipinski definition) is 3. The average Bonchev–Trinajstić information content (AvgIpc) is 3.03. The highest BCUT2D eigenvalue weighted by molar-refractivity contribution is 7.15. The summed E-state index contributed by atoms with van der Waals surface area (Å²) in [6, 6.07) is 15.6. The molecule has 0 bridgehead atoms. The van der Waals surface area contributed by atoms with E-state index in [1.165, 1.54) is 11.3 Å². The Morgan fingerprint density at radius 2 is 1.89 bits per heavy atom. The zero-order chi connectivity index (χ0) is 19.1. The summed E-state index contributed by atoms with van der Waals surface area (Å²) in [5, 5.41) is 12.7. The molecule has 4 nitrogen and oxygen atoms in total. The summed E-state index contributed by atoms with van der Waals surface area (Å²) in [6.07, 6.45) is 0.324. The Balaban J connectivity index is 1.97. The first-order valence-corrected chi connectivity index (χ1v) is 9.59. The quantitative estimate of drug-likeness (QED) is 0.659. The van der Waals surface area contributed by atoms with E-state index in [2.05, 4.69) is 23.5 Å². The number of aromatic carboxylic acids is 1. The van der Waals surface area contributed by atoms with Crippen LogP contribution in [0, 0.1) is 13.8 Å². The molecule has 5 heteroatoms. The monoisotopic (exact) mass is 377 g/mol. The van der Waals surface area contributed by atoms with Gasteiger partial charge >= 0.3 is 5.97 Å². The molecule has 136 valence electrons. The molecule has 0 fully saturated rings. The van der Waals surface area contributed by atoms with Crippen molar-refractivity contribution in [1.82, 2.24) is 0 Å². The third-order valence-electron chi connectivity index (χ3n) is 4.97. The Morgan fingerprint density at radius 1 is 1.15 bits per heavy atom. The van der Waals surface area contributed by atoms with E-state index in [1.54, 1.807) is 0 Å². The summed E-state index contributed by atoms with van der Waals surface area (Å²) in [6.45, 7) is 4.06. The van der Waals surface area contributed by atoms with Crippen molar-refractivity contribution in [3.8, 4) is 11.1 Å². The number of hydrogen-bond donors (Lipinski definition) is 2. The van der Waals surface area contributed by atoms with Gasteiger partial charge in [0, 0.05) is 22.8 Å². The summed E-state index contributed by atoms with van der Waals surface area (Å²) in [5.74, 6) is -1.18.